The van der Waals surface area contributed by atoms with E-state index in [0.29, 0.717) is 21.8 Å². The Morgan fingerprint density at radius 2 is 2.29 bits per heavy atom. The highest BCUT2D eigenvalue weighted by Gasteiger charge is 2.14. The average Bonchev–Trinajstić information content (AvgIpc) is 2.56. The van der Waals surface area contributed by atoms with Crippen LogP contribution >= 0.6 is 27.5 Å². The second kappa shape index (κ2) is 5.10. The summed E-state index contributed by atoms with van der Waals surface area (Å²) in [6.07, 6.45) is 1.17. The summed E-state index contributed by atoms with van der Waals surface area (Å²) in [7, 11) is 0. The van der Waals surface area contributed by atoms with Crippen molar-refractivity contribution < 1.29 is 9.53 Å². The van der Waals surface area contributed by atoms with Crippen LogP contribution in [0.1, 0.15) is 19.8 Å². The Balaban J connectivity index is 2.41. The standard InChI is InChI=1S/C12H11BrClNO2/c1-2-3-10(16)17-11-8-6-7(14)4-5-9(8)15-12(11)13/h4-6,15H,2-3H2,1H3. The van der Waals surface area contributed by atoms with Crippen molar-refractivity contribution in [1.29, 1.82) is 0 Å². The number of aromatic amines is 1. The first-order valence-electron chi connectivity index (χ1n) is 5.29. The molecule has 90 valence electrons. The van der Waals surface area contributed by atoms with Gasteiger partial charge in [0.15, 0.2) is 5.75 Å². The topological polar surface area (TPSA) is 42.1 Å². The van der Waals surface area contributed by atoms with Gasteiger partial charge in [-0.15, -0.1) is 0 Å². The number of hydrogen-bond acceptors (Lipinski definition) is 2. The molecule has 0 aliphatic heterocycles. The quantitative estimate of drug-likeness (QED) is 0.858. The Kier molecular flexibility index (Phi) is 3.74. The van der Waals surface area contributed by atoms with Crippen molar-refractivity contribution in [2.24, 2.45) is 0 Å². The molecule has 0 saturated heterocycles. The molecule has 0 aliphatic rings. The van der Waals surface area contributed by atoms with Crippen LogP contribution in [0, 0.1) is 0 Å². The third-order valence-corrected chi connectivity index (χ3v) is 3.13. The molecular weight excluding hydrogens is 305 g/mol. The molecule has 2 rings (SSSR count). The van der Waals surface area contributed by atoms with Gasteiger partial charge in [-0.05, 0) is 40.5 Å². The van der Waals surface area contributed by atoms with E-state index >= 15 is 0 Å². The number of hydrogen-bond donors (Lipinski definition) is 1. The highest BCUT2D eigenvalue weighted by Crippen LogP contribution is 2.35. The number of esters is 1. The minimum Gasteiger partial charge on any atom is -0.423 e. The normalized spacial score (nSPS) is 10.8. The molecule has 0 bridgehead atoms. The van der Waals surface area contributed by atoms with Crippen LogP contribution in [0.25, 0.3) is 10.9 Å². The van der Waals surface area contributed by atoms with Crippen LogP contribution in [-0.4, -0.2) is 11.0 Å². The molecule has 1 aromatic heterocycles. The molecule has 0 atom stereocenters. The predicted molar refractivity (Wildman–Crippen MR) is 71.6 cm³/mol. The number of rotatable bonds is 3. The van der Waals surface area contributed by atoms with E-state index in [2.05, 4.69) is 20.9 Å². The lowest BCUT2D eigenvalue weighted by molar-refractivity contribution is -0.134. The fourth-order valence-electron chi connectivity index (χ4n) is 1.58. The number of halogens is 2. The molecule has 0 unspecified atom stereocenters. The number of aromatic nitrogens is 1. The van der Waals surface area contributed by atoms with Gasteiger partial charge < -0.3 is 9.72 Å². The zero-order chi connectivity index (χ0) is 12.4. The maximum atomic E-state index is 11.5. The van der Waals surface area contributed by atoms with Gasteiger partial charge in [-0.2, -0.15) is 0 Å². The number of H-pyrrole nitrogens is 1. The van der Waals surface area contributed by atoms with Crippen molar-refractivity contribution in [3.8, 4) is 5.75 Å². The number of nitrogens with one attached hydrogen (secondary N) is 1. The molecule has 2 aromatic rings. The Bertz CT molecular complexity index is 565. The van der Waals surface area contributed by atoms with E-state index in [4.69, 9.17) is 16.3 Å². The van der Waals surface area contributed by atoms with Gasteiger partial charge in [0.25, 0.3) is 0 Å². The molecule has 3 nitrogen and oxygen atoms in total. The number of carbonyl (C=O) groups excluding carboxylic acids is 1. The van der Waals surface area contributed by atoms with Crippen LogP contribution < -0.4 is 4.74 Å². The third kappa shape index (κ3) is 2.64. The molecule has 0 saturated carbocycles. The molecule has 1 aromatic carbocycles. The molecule has 0 amide bonds. The van der Waals surface area contributed by atoms with Crippen molar-refractivity contribution in [1.82, 2.24) is 4.98 Å². The van der Waals surface area contributed by atoms with E-state index in [0.717, 1.165) is 17.3 Å². The smallest absolute Gasteiger partial charge is 0.311 e. The summed E-state index contributed by atoms with van der Waals surface area (Å²) in [5.41, 5.74) is 0.876. The van der Waals surface area contributed by atoms with Crippen LogP contribution in [0.5, 0.6) is 5.75 Å². The van der Waals surface area contributed by atoms with Gasteiger partial charge in [0, 0.05) is 16.8 Å². The zero-order valence-electron chi connectivity index (χ0n) is 9.22. The van der Waals surface area contributed by atoms with Crippen LogP contribution in [0.2, 0.25) is 5.02 Å². The minimum absolute atomic E-state index is 0.242. The van der Waals surface area contributed by atoms with Crippen molar-refractivity contribution in [2.75, 3.05) is 0 Å². The van der Waals surface area contributed by atoms with Gasteiger partial charge in [-0.3, -0.25) is 4.79 Å². The lowest BCUT2D eigenvalue weighted by Gasteiger charge is -2.02. The summed E-state index contributed by atoms with van der Waals surface area (Å²) in [4.78, 5) is 14.6. The molecule has 0 fully saturated rings. The Morgan fingerprint density at radius 1 is 1.53 bits per heavy atom. The number of benzene rings is 1. The highest BCUT2D eigenvalue weighted by molar-refractivity contribution is 9.10. The molecule has 5 heteroatoms. The van der Waals surface area contributed by atoms with Crippen molar-refractivity contribution in [2.45, 2.75) is 19.8 Å². The van der Waals surface area contributed by atoms with Gasteiger partial charge in [0.2, 0.25) is 0 Å². The van der Waals surface area contributed by atoms with E-state index in [1.165, 1.54) is 0 Å². The average molecular weight is 317 g/mol. The van der Waals surface area contributed by atoms with Gasteiger partial charge >= 0.3 is 5.97 Å². The lowest BCUT2D eigenvalue weighted by atomic mass is 10.2. The first kappa shape index (κ1) is 12.5. The van der Waals surface area contributed by atoms with E-state index in [1.807, 2.05) is 13.0 Å². The summed E-state index contributed by atoms with van der Waals surface area (Å²) >= 11 is 9.27. The fraction of sp³-hybridized carbons (Fsp3) is 0.250. The number of fused-ring (bicyclic) bond motifs is 1. The SMILES string of the molecule is CCCC(=O)Oc1c(Br)[nH]c2ccc(Cl)cc12. The maximum Gasteiger partial charge on any atom is 0.311 e. The summed E-state index contributed by atoms with van der Waals surface area (Å²) in [5.74, 6) is 0.259. The van der Waals surface area contributed by atoms with Crippen LogP contribution in [0.3, 0.4) is 0 Å². The fourth-order valence-corrected chi connectivity index (χ4v) is 2.26. The maximum absolute atomic E-state index is 11.5. The van der Waals surface area contributed by atoms with E-state index in [9.17, 15) is 4.79 Å². The van der Waals surface area contributed by atoms with Gasteiger partial charge in [-0.1, -0.05) is 18.5 Å². The van der Waals surface area contributed by atoms with Crippen molar-refractivity contribution in [3.63, 3.8) is 0 Å². The summed E-state index contributed by atoms with van der Waals surface area (Å²) in [6, 6.07) is 5.40. The van der Waals surface area contributed by atoms with E-state index < -0.39 is 0 Å². The van der Waals surface area contributed by atoms with Gasteiger partial charge in [0.1, 0.15) is 4.60 Å². The van der Waals surface area contributed by atoms with Crippen LogP contribution in [0.4, 0.5) is 0 Å². The molecular formula is C12H11BrClNO2. The largest absolute Gasteiger partial charge is 0.423 e. The van der Waals surface area contributed by atoms with Gasteiger partial charge in [0.05, 0.1) is 5.52 Å². The van der Waals surface area contributed by atoms with E-state index in [1.54, 1.807) is 12.1 Å². The summed E-state index contributed by atoms with van der Waals surface area (Å²) in [6.45, 7) is 1.93. The molecule has 1 heterocycles. The second-order valence-corrected chi connectivity index (χ2v) is 4.91. The first-order valence-corrected chi connectivity index (χ1v) is 6.46. The minimum atomic E-state index is -0.242. The summed E-state index contributed by atoms with van der Waals surface area (Å²) in [5, 5.41) is 1.41. The highest BCUT2D eigenvalue weighted by atomic mass is 79.9. The lowest BCUT2D eigenvalue weighted by Crippen LogP contribution is -2.06. The van der Waals surface area contributed by atoms with Crippen LogP contribution in [0.15, 0.2) is 22.8 Å². The Hall–Kier alpha value is -1.00. The monoisotopic (exact) mass is 315 g/mol. The molecule has 0 aliphatic carbocycles. The Labute approximate surface area is 112 Å². The van der Waals surface area contributed by atoms with Crippen molar-refractivity contribution in [3.05, 3.63) is 27.8 Å². The first-order chi connectivity index (χ1) is 8.11. The number of carbonyl (C=O) groups is 1. The predicted octanol–water partition coefficient (Wildman–Crippen LogP) is 4.29. The van der Waals surface area contributed by atoms with Crippen LogP contribution in [-0.2, 0) is 4.79 Å². The van der Waals surface area contributed by atoms with Crippen molar-refractivity contribution >= 4 is 44.4 Å². The second-order valence-electron chi connectivity index (χ2n) is 3.68. The summed E-state index contributed by atoms with van der Waals surface area (Å²) < 4.78 is 5.97. The molecule has 0 spiro atoms. The molecule has 0 radical (unpaired) electrons. The number of ether oxygens (including phenoxy) is 1. The van der Waals surface area contributed by atoms with E-state index in [-0.39, 0.29) is 5.97 Å². The third-order valence-electron chi connectivity index (χ3n) is 2.34. The van der Waals surface area contributed by atoms with Gasteiger partial charge in [-0.25, -0.2) is 0 Å². The zero-order valence-corrected chi connectivity index (χ0v) is 11.6. The molecule has 1 N–H and O–H groups in total. The molecule has 17 heavy (non-hydrogen) atoms. The Morgan fingerprint density at radius 3 is 3.00 bits per heavy atom.